The molecule has 0 aliphatic carbocycles. The SMILES string of the molecule is CCC1CN(S(=O)(=O)c2cc(C#N)ccc2Cl)CCC1=O. The quantitative estimate of drug-likeness (QED) is 0.853. The highest BCUT2D eigenvalue weighted by molar-refractivity contribution is 7.89. The van der Waals surface area contributed by atoms with Gasteiger partial charge in [-0.1, -0.05) is 18.5 Å². The van der Waals surface area contributed by atoms with E-state index in [2.05, 4.69) is 0 Å². The fraction of sp³-hybridized carbons (Fsp3) is 0.429. The van der Waals surface area contributed by atoms with Crippen molar-refractivity contribution in [2.45, 2.75) is 24.7 Å². The molecule has 1 heterocycles. The topological polar surface area (TPSA) is 78.2 Å². The highest BCUT2D eigenvalue weighted by atomic mass is 35.5. The summed E-state index contributed by atoms with van der Waals surface area (Å²) in [7, 11) is -3.79. The van der Waals surface area contributed by atoms with Crippen molar-refractivity contribution in [3.63, 3.8) is 0 Å². The number of Topliss-reactive ketones (excluding diaryl/α,β-unsaturated/α-hetero) is 1. The molecule has 1 fully saturated rings. The zero-order chi connectivity index (χ0) is 15.6. The number of carbonyl (C=O) groups is 1. The molecule has 1 saturated heterocycles. The molecule has 0 spiro atoms. The highest BCUT2D eigenvalue weighted by Crippen LogP contribution is 2.28. The van der Waals surface area contributed by atoms with E-state index < -0.39 is 10.0 Å². The van der Waals surface area contributed by atoms with Crippen LogP contribution in [0.4, 0.5) is 0 Å². The first kappa shape index (κ1) is 16.0. The first-order valence-electron chi connectivity index (χ1n) is 6.62. The molecule has 0 saturated carbocycles. The molecule has 1 unspecified atom stereocenters. The Bertz CT molecular complexity index is 709. The van der Waals surface area contributed by atoms with E-state index >= 15 is 0 Å². The Morgan fingerprint density at radius 3 is 2.81 bits per heavy atom. The Morgan fingerprint density at radius 1 is 1.48 bits per heavy atom. The van der Waals surface area contributed by atoms with E-state index in [0.717, 1.165) is 0 Å². The van der Waals surface area contributed by atoms with Crippen LogP contribution in [0.2, 0.25) is 5.02 Å². The normalized spacial score (nSPS) is 20.2. The Hall–Kier alpha value is -1.42. The van der Waals surface area contributed by atoms with Crippen LogP contribution in [0.5, 0.6) is 0 Å². The Kier molecular flexibility index (Phi) is 4.67. The van der Waals surface area contributed by atoms with Gasteiger partial charge in [0.1, 0.15) is 10.7 Å². The lowest BCUT2D eigenvalue weighted by molar-refractivity contribution is -0.125. The number of hydrogen-bond acceptors (Lipinski definition) is 4. The molecule has 7 heteroatoms. The number of piperidine rings is 1. The van der Waals surface area contributed by atoms with Crippen molar-refractivity contribution in [3.8, 4) is 6.07 Å². The number of ketones is 1. The summed E-state index contributed by atoms with van der Waals surface area (Å²) < 4.78 is 26.6. The van der Waals surface area contributed by atoms with Crippen molar-refractivity contribution in [3.05, 3.63) is 28.8 Å². The standard InChI is InChI=1S/C14H15ClN2O3S/c1-2-11-9-17(6-5-13(11)18)21(19,20)14-7-10(8-16)3-4-12(14)15/h3-4,7,11H,2,5-6,9H2,1H3. The summed E-state index contributed by atoms with van der Waals surface area (Å²) in [6.45, 7) is 2.19. The third-order valence-corrected chi connectivity index (χ3v) is 6.00. The average Bonchev–Trinajstić information content (AvgIpc) is 2.47. The number of benzene rings is 1. The van der Waals surface area contributed by atoms with Gasteiger partial charge in [-0.15, -0.1) is 0 Å². The van der Waals surface area contributed by atoms with E-state index in [0.29, 0.717) is 6.42 Å². The first-order valence-corrected chi connectivity index (χ1v) is 8.44. The first-order chi connectivity index (χ1) is 9.90. The lowest BCUT2D eigenvalue weighted by Gasteiger charge is -2.30. The highest BCUT2D eigenvalue weighted by Gasteiger charge is 2.34. The van der Waals surface area contributed by atoms with Gasteiger partial charge in [0.15, 0.2) is 0 Å². The maximum absolute atomic E-state index is 12.7. The Morgan fingerprint density at radius 2 is 2.19 bits per heavy atom. The van der Waals surface area contributed by atoms with Crippen molar-refractivity contribution < 1.29 is 13.2 Å². The molecular formula is C14H15ClN2O3S. The van der Waals surface area contributed by atoms with Gasteiger partial charge in [0.25, 0.3) is 0 Å². The van der Waals surface area contributed by atoms with Gasteiger partial charge in [0.05, 0.1) is 16.7 Å². The molecule has 0 amide bonds. The van der Waals surface area contributed by atoms with E-state index in [1.165, 1.54) is 22.5 Å². The van der Waals surface area contributed by atoms with Crippen LogP contribution < -0.4 is 0 Å². The molecule has 5 nitrogen and oxygen atoms in total. The van der Waals surface area contributed by atoms with Crippen LogP contribution in [0.1, 0.15) is 25.3 Å². The number of nitriles is 1. The molecule has 1 aromatic carbocycles. The summed E-state index contributed by atoms with van der Waals surface area (Å²) in [6.07, 6.45) is 0.824. The second kappa shape index (κ2) is 6.14. The molecule has 1 aliphatic heterocycles. The smallest absolute Gasteiger partial charge is 0.244 e. The number of nitrogens with zero attached hydrogens (tertiary/aromatic N) is 2. The van der Waals surface area contributed by atoms with Crippen LogP contribution in [-0.2, 0) is 14.8 Å². The summed E-state index contributed by atoms with van der Waals surface area (Å²) in [5.74, 6) is -0.174. The summed E-state index contributed by atoms with van der Waals surface area (Å²) in [5, 5.41) is 8.98. The molecule has 0 radical (unpaired) electrons. The number of hydrogen-bond donors (Lipinski definition) is 0. The fourth-order valence-electron chi connectivity index (χ4n) is 2.36. The van der Waals surface area contributed by atoms with Crippen LogP contribution in [0.3, 0.4) is 0 Å². The monoisotopic (exact) mass is 326 g/mol. The summed E-state index contributed by atoms with van der Waals surface area (Å²) in [4.78, 5) is 11.6. The van der Waals surface area contributed by atoms with Crippen LogP contribution >= 0.6 is 11.6 Å². The molecule has 21 heavy (non-hydrogen) atoms. The average molecular weight is 327 g/mol. The van der Waals surface area contributed by atoms with Crippen LogP contribution in [-0.4, -0.2) is 31.6 Å². The van der Waals surface area contributed by atoms with Crippen LogP contribution in [0, 0.1) is 17.2 Å². The minimum atomic E-state index is -3.79. The number of sulfonamides is 1. The van der Waals surface area contributed by atoms with Gasteiger partial charge >= 0.3 is 0 Å². The third kappa shape index (κ3) is 3.10. The fourth-order valence-corrected chi connectivity index (χ4v) is 4.35. The number of carbonyl (C=O) groups excluding carboxylic acids is 1. The maximum Gasteiger partial charge on any atom is 0.244 e. The molecular weight excluding hydrogens is 312 g/mol. The van der Waals surface area contributed by atoms with E-state index in [9.17, 15) is 13.2 Å². The molecule has 112 valence electrons. The Balaban J connectivity index is 2.39. The van der Waals surface area contributed by atoms with Crippen molar-refractivity contribution >= 4 is 27.4 Å². The zero-order valence-electron chi connectivity index (χ0n) is 11.5. The van der Waals surface area contributed by atoms with Gasteiger partial charge in [-0.2, -0.15) is 9.57 Å². The number of rotatable bonds is 3. The van der Waals surface area contributed by atoms with Gasteiger partial charge in [0.2, 0.25) is 10.0 Å². The Labute approximate surface area is 129 Å². The van der Waals surface area contributed by atoms with E-state index in [1.54, 1.807) is 0 Å². The predicted molar refractivity (Wildman–Crippen MR) is 78.3 cm³/mol. The minimum absolute atomic E-state index is 0.0765. The lowest BCUT2D eigenvalue weighted by atomic mass is 9.96. The molecule has 1 aromatic rings. The van der Waals surface area contributed by atoms with Gasteiger partial charge in [-0.25, -0.2) is 8.42 Å². The second-order valence-electron chi connectivity index (χ2n) is 4.94. The van der Waals surface area contributed by atoms with Crippen molar-refractivity contribution in [1.29, 1.82) is 5.26 Å². The molecule has 0 bridgehead atoms. The second-order valence-corrected chi connectivity index (χ2v) is 7.26. The van der Waals surface area contributed by atoms with E-state index in [-0.39, 0.29) is 46.7 Å². The molecule has 1 atom stereocenters. The molecule has 1 aliphatic rings. The van der Waals surface area contributed by atoms with Gasteiger partial charge in [0, 0.05) is 25.4 Å². The minimum Gasteiger partial charge on any atom is -0.299 e. The van der Waals surface area contributed by atoms with Crippen molar-refractivity contribution in [2.75, 3.05) is 13.1 Å². The van der Waals surface area contributed by atoms with Gasteiger partial charge in [-0.05, 0) is 24.6 Å². The van der Waals surface area contributed by atoms with Crippen molar-refractivity contribution in [1.82, 2.24) is 4.31 Å². The summed E-state index contributed by atoms with van der Waals surface area (Å²) >= 11 is 5.97. The largest absolute Gasteiger partial charge is 0.299 e. The summed E-state index contributed by atoms with van der Waals surface area (Å²) in [6, 6.07) is 6.04. The number of halogens is 1. The van der Waals surface area contributed by atoms with E-state index in [1.807, 2.05) is 13.0 Å². The van der Waals surface area contributed by atoms with Gasteiger partial charge in [-0.3, -0.25) is 4.79 Å². The molecule has 0 aromatic heterocycles. The molecule has 0 N–H and O–H groups in total. The van der Waals surface area contributed by atoms with Gasteiger partial charge < -0.3 is 0 Å². The summed E-state index contributed by atoms with van der Waals surface area (Å²) in [5.41, 5.74) is 0.234. The molecule has 2 rings (SSSR count). The van der Waals surface area contributed by atoms with Crippen molar-refractivity contribution in [2.24, 2.45) is 5.92 Å². The lowest BCUT2D eigenvalue weighted by Crippen LogP contribution is -2.43. The third-order valence-electron chi connectivity index (χ3n) is 3.66. The van der Waals surface area contributed by atoms with Crippen LogP contribution in [0.15, 0.2) is 23.1 Å². The zero-order valence-corrected chi connectivity index (χ0v) is 13.1. The van der Waals surface area contributed by atoms with Crippen LogP contribution in [0.25, 0.3) is 0 Å². The van der Waals surface area contributed by atoms with E-state index in [4.69, 9.17) is 16.9 Å². The maximum atomic E-state index is 12.7. The predicted octanol–water partition coefficient (Wildman–Crippen LogP) is 2.20.